The Labute approximate surface area is 169 Å². The lowest BCUT2D eigenvalue weighted by Gasteiger charge is -2.10. The van der Waals surface area contributed by atoms with Crippen molar-refractivity contribution in [3.63, 3.8) is 0 Å². The van der Waals surface area contributed by atoms with Gasteiger partial charge in [-0.2, -0.15) is 0 Å². The first-order valence-corrected chi connectivity index (χ1v) is 9.03. The van der Waals surface area contributed by atoms with Gasteiger partial charge in [0.05, 0.1) is 19.8 Å². The summed E-state index contributed by atoms with van der Waals surface area (Å²) in [5, 5.41) is 8.97. The first-order valence-electron chi connectivity index (χ1n) is 9.03. The molecule has 148 valence electrons. The van der Waals surface area contributed by atoms with Crippen LogP contribution >= 0.6 is 0 Å². The average molecular weight is 390 g/mol. The molecular weight excluding hydrogens is 368 g/mol. The molecule has 0 radical (unpaired) electrons. The predicted octanol–water partition coefficient (Wildman–Crippen LogP) is 5.15. The highest BCUT2D eigenvalue weighted by Gasteiger charge is 2.04. The SMILES string of the molecule is COc1ccc(/C=C/c2cc(OC)cc(OCc3ccc(C(=O)O)cc3)c2)cc1. The lowest BCUT2D eigenvalue weighted by Crippen LogP contribution is -1.99. The smallest absolute Gasteiger partial charge is 0.335 e. The van der Waals surface area contributed by atoms with Crippen LogP contribution < -0.4 is 14.2 Å². The minimum atomic E-state index is -0.946. The standard InChI is InChI=1S/C24H22O5/c1-27-21-11-7-17(8-12-21)3-4-19-13-22(28-2)15-23(14-19)29-16-18-5-9-20(10-6-18)24(25)26/h3-15H,16H2,1-2H3,(H,25,26)/b4-3+. The minimum Gasteiger partial charge on any atom is -0.497 e. The average Bonchev–Trinajstić information content (AvgIpc) is 2.76. The Morgan fingerprint density at radius 3 is 2.03 bits per heavy atom. The van der Waals surface area contributed by atoms with Crippen LogP contribution in [-0.2, 0) is 6.61 Å². The normalized spacial score (nSPS) is 10.7. The first-order chi connectivity index (χ1) is 14.1. The summed E-state index contributed by atoms with van der Waals surface area (Å²) in [6.45, 7) is 0.328. The van der Waals surface area contributed by atoms with E-state index < -0.39 is 5.97 Å². The van der Waals surface area contributed by atoms with Gasteiger partial charge in [0.15, 0.2) is 0 Å². The molecule has 29 heavy (non-hydrogen) atoms. The van der Waals surface area contributed by atoms with Crippen LogP contribution in [0.4, 0.5) is 0 Å². The third kappa shape index (κ3) is 5.62. The lowest BCUT2D eigenvalue weighted by atomic mass is 10.1. The maximum absolute atomic E-state index is 10.9. The van der Waals surface area contributed by atoms with Crippen molar-refractivity contribution in [3.8, 4) is 17.2 Å². The molecule has 0 amide bonds. The molecule has 0 spiro atoms. The zero-order valence-corrected chi connectivity index (χ0v) is 16.3. The quantitative estimate of drug-likeness (QED) is 0.539. The number of hydrogen-bond acceptors (Lipinski definition) is 4. The van der Waals surface area contributed by atoms with E-state index in [9.17, 15) is 4.79 Å². The molecule has 5 nitrogen and oxygen atoms in total. The van der Waals surface area contributed by atoms with Crippen molar-refractivity contribution in [2.24, 2.45) is 0 Å². The maximum atomic E-state index is 10.9. The molecule has 1 N–H and O–H groups in total. The second-order valence-corrected chi connectivity index (χ2v) is 6.34. The Morgan fingerprint density at radius 2 is 1.41 bits per heavy atom. The van der Waals surface area contributed by atoms with Gasteiger partial charge in [-0.3, -0.25) is 0 Å². The molecule has 3 aromatic carbocycles. The largest absolute Gasteiger partial charge is 0.497 e. The monoisotopic (exact) mass is 390 g/mol. The second kappa shape index (κ2) is 9.46. The van der Waals surface area contributed by atoms with E-state index in [4.69, 9.17) is 19.3 Å². The Bertz CT molecular complexity index is 989. The number of carboxylic acid groups (broad SMARTS) is 1. The molecule has 3 aromatic rings. The van der Waals surface area contributed by atoms with Gasteiger partial charge >= 0.3 is 5.97 Å². The molecule has 3 rings (SSSR count). The van der Waals surface area contributed by atoms with E-state index in [1.54, 1.807) is 38.5 Å². The van der Waals surface area contributed by atoms with Crippen LogP contribution in [-0.4, -0.2) is 25.3 Å². The number of carboxylic acids is 1. The van der Waals surface area contributed by atoms with Crippen LogP contribution in [0.25, 0.3) is 12.2 Å². The van der Waals surface area contributed by atoms with E-state index in [0.717, 1.165) is 22.4 Å². The zero-order valence-electron chi connectivity index (χ0n) is 16.3. The van der Waals surface area contributed by atoms with Crippen molar-refractivity contribution in [3.05, 3.63) is 89.0 Å². The fourth-order valence-electron chi connectivity index (χ4n) is 2.71. The van der Waals surface area contributed by atoms with Gasteiger partial charge in [-0.05, 0) is 53.1 Å². The van der Waals surface area contributed by atoms with E-state index in [0.29, 0.717) is 18.1 Å². The van der Waals surface area contributed by atoms with Crippen molar-refractivity contribution in [2.75, 3.05) is 14.2 Å². The van der Waals surface area contributed by atoms with E-state index >= 15 is 0 Å². The van der Waals surface area contributed by atoms with Crippen molar-refractivity contribution < 1.29 is 24.1 Å². The summed E-state index contributed by atoms with van der Waals surface area (Å²) < 4.78 is 16.4. The summed E-state index contributed by atoms with van der Waals surface area (Å²) in [7, 11) is 3.25. The summed E-state index contributed by atoms with van der Waals surface area (Å²) >= 11 is 0. The van der Waals surface area contributed by atoms with Gasteiger partial charge in [-0.15, -0.1) is 0 Å². The third-order valence-corrected chi connectivity index (χ3v) is 4.33. The predicted molar refractivity (Wildman–Crippen MR) is 113 cm³/mol. The van der Waals surface area contributed by atoms with Gasteiger partial charge in [-0.1, -0.05) is 36.4 Å². The number of benzene rings is 3. The maximum Gasteiger partial charge on any atom is 0.335 e. The summed E-state index contributed by atoms with van der Waals surface area (Å²) in [6.07, 6.45) is 3.99. The van der Waals surface area contributed by atoms with Crippen LogP contribution in [0.2, 0.25) is 0 Å². The molecule has 0 aromatic heterocycles. The van der Waals surface area contributed by atoms with Crippen LogP contribution in [0.1, 0.15) is 27.0 Å². The Hall–Kier alpha value is -3.73. The number of hydrogen-bond donors (Lipinski definition) is 1. The zero-order chi connectivity index (χ0) is 20.6. The lowest BCUT2D eigenvalue weighted by molar-refractivity contribution is 0.0697. The van der Waals surface area contributed by atoms with Gasteiger partial charge in [-0.25, -0.2) is 4.79 Å². The number of methoxy groups -OCH3 is 2. The van der Waals surface area contributed by atoms with Gasteiger partial charge in [0.1, 0.15) is 23.9 Å². The van der Waals surface area contributed by atoms with Crippen LogP contribution in [0, 0.1) is 0 Å². The number of rotatable bonds is 8. The molecule has 0 saturated carbocycles. The molecule has 0 heterocycles. The van der Waals surface area contributed by atoms with E-state index in [2.05, 4.69) is 0 Å². The number of carbonyl (C=O) groups is 1. The third-order valence-electron chi connectivity index (χ3n) is 4.33. The first kappa shape index (κ1) is 20.0. The summed E-state index contributed by atoms with van der Waals surface area (Å²) in [4.78, 5) is 10.9. The Balaban J connectivity index is 1.72. The van der Waals surface area contributed by atoms with Crippen molar-refractivity contribution >= 4 is 18.1 Å². The number of ether oxygens (including phenoxy) is 3. The highest BCUT2D eigenvalue weighted by Crippen LogP contribution is 2.25. The number of aromatic carboxylic acids is 1. The van der Waals surface area contributed by atoms with Crippen LogP contribution in [0.15, 0.2) is 66.7 Å². The van der Waals surface area contributed by atoms with Crippen molar-refractivity contribution in [1.29, 1.82) is 0 Å². The summed E-state index contributed by atoms with van der Waals surface area (Å²) in [5.74, 6) is 1.23. The fourth-order valence-corrected chi connectivity index (χ4v) is 2.71. The molecule has 0 aliphatic rings. The van der Waals surface area contributed by atoms with Crippen molar-refractivity contribution in [2.45, 2.75) is 6.61 Å². The van der Waals surface area contributed by atoms with E-state index in [-0.39, 0.29) is 5.56 Å². The van der Waals surface area contributed by atoms with Gasteiger partial charge in [0, 0.05) is 6.07 Å². The molecule has 0 aliphatic heterocycles. The molecule has 0 bridgehead atoms. The highest BCUT2D eigenvalue weighted by molar-refractivity contribution is 5.87. The molecule has 0 fully saturated rings. The molecular formula is C24H22O5. The topological polar surface area (TPSA) is 65.0 Å². The Kier molecular flexibility index (Phi) is 6.53. The van der Waals surface area contributed by atoms with Crippen molar-refractivity contribution in [1.82, 2.24) is 0 Å². The summed E-state index contributed by atoms with van der Waals surface area (Å²) in [6, 6.07) is 20.1. The molecule has 0 saturated heterocycles. The second-order valence-electron chi connectivity index (χ2n) is 6.34. The van der Waals surface area contributed by atoms with Gasteiger partial charge in [0.25, 0.3) is 0 Å². The van der Waals surface area contributed by atoms with E-state index in [1.165, 1.54) is 0 Å². The highest BCUT2D eigenvalue weighted by atomic mass is 16.5. The molecule has 0 aliphatic carbocycles. The molecule has 0 unspecified atom stereocenters. The van der Waals surface area contributed by atoms with Crippen LogP contribution in [0.3, 0.4) is 0 Å². The van der Waals surface area contributed by atoms with Crippen LogP contribution in [0.5, 0.6) is 17.2 Å². The van der Waals surface area contributed by atoms with Gasteiger partial charge < -0.3 is 19.3 Å². The minimum absolute atomic E-state index is 0.251. The van der Waals surface area contributed by atoms with Gasteiger partial charge in [0.2, 0.25) is 0 Å². The Morgan fingerprint density at radius 1 is 0.793 bits per heavy atom. The molecule has 5 heteroatoms. The fraction of sp³-hybridized carbons (Fsp3) is 0.125. The van der Waals surface area contributed by atoms with E-state index in [1.807, 2.05) is 54.6 Å². The molecule has 0 atom stereocenters. The summed E-state index contributed by atoms with van der Waals surface area (Å²) in [5.41, 5.74) is 3.13.